The Morgan fingerprint density at radius 3 is 2.04 bits per heavy atom. The number of hydrogen-bond acceptors (Lipinski definition) is 5. The molecule has 0 aromatic heterocycles. The van der Waals surface area contributed by atoms with Gasteiger partial charge < -0.3 is 18.9 Å². The highest BCUT2D eigenvalue weighted by molar-refractivity contribution is 5.76. The fraction of sp³-hybridized carbons (Fsp3) is 0.381. The van der Waals surface area contributed by atoms with Crippen molar-refractivity contribution in [2.45, 2.75) is 33.1 Å². The number of carbonyl (C=O) groups excluding carboxylic acids is 1. The van der Waals surface area contributed by atoms with Crippen molar-refractivity contribution in [2.75, 3.05) is 21.3 Å². The minimum absolute atomic E-state index is 0.0989. The zero-order valence-electron chi connectivity index (χ0n) is 16.2. The summed E-state index contributed by atoms with van der Waals surface area (Å²) in [5.74, 6) is 2.08. The van der Waals surface area contributed by atoms with Crippen LogP contribution in [0.1, 0.15) is 36.5 Å². The van der Waals surface area contributed by atoms with Gasteiger partial charge in [-0.1, -0.05) is 19.9 Å². The van der Waals surface area contributed by atoms with Crippen LogP contribution in [0.3, 0.4) is 0 Å². The molecule has 5 heteroatoms. The van der Waals surface area contributed by atoms with Gasteiger partial charge in [-0.05, 0) is 53.8 Å². The maximum absolute atomic E-state index is 12.4. The Kier molecular flexibility index (Phi) is 6.50. The van der Waals surface area contributed by atoms with E-state index in [-0.39, 0.29) is 12.4 Å². The van der Waals surface area contributed by atoms with Gasteiger partial charge in [-0.15, -0.1) is 0 Å². The third kappa shape index (κ3) is 4.69. The molecule has 140 valence electrons. The Balaban J connectivity index is 2.20. The lowest BCUT2D eigenvalue weighted by molar-refractivity contribution is -0.133. The molecule has 2 rings (SSSR count). The molecule has 2 aromatic rings. The Labute approximate surface area is 154 Å². The molecule has 0 fully saturated rings. The summed E-state index contributed by atoms with van der Waals surface area (Å²) in [6.45, 7) is 6.20. The molecule has 0 N–H and O–H groups in total. The number of rotatable bonds is 7. The molecule has 0 amide bonds. The number of esters is 1. The van der Waals surface area contributed by atoms with E-state index in [0.717, 1.165) is 16.7 Å². The highest BCUT2D eigenvalue weighted by atomic mass is 16.5. The van der Waals surface area contributed by atoms with Gasteiger partial charge in [0.15, 0.2) is 11.5 Å². The van der Waals surface area contributed by atoms with Crippen LogP contribution < -0.4 is 18.9 Å². The molecule has 0 unspecified atom stereocenters. The van der Waals surface area contributed by atoms with Crippen LogP contribution in [-0.4, -0.2) is 27.3 Å². The molecule has 0 atom stereocenters. The summed E-state index contributed by atoms with van der Waals surface area (Å²) < 4.78 is 21.5. The molecule has 26 heavy (non-hydrogen) atoms. The zero-order chi connectivity index (χ0) is 19.3. The van der Waals surface area contributed by atoms with Crippen LogP contribution in [0.25, 0.3) is 0 Å². The molecule has 0 aliphatic rings. The van der Waals surface area contributed by atoms with Crippen LogP contribution in [0.4, 0.5) is 0 Å². The van der Waals surface area contributed by atoms with Crippen LogP contribution in [-0.2, 0) is 11.2 Å². The summed E-state index contributed by atoms with van der Waals surface area (Å²) >= 11 is 0. The number of carbonyl (C=O) groups is 1. The van der Waals surface area contributed by atoms with Crippen molar-refractivity contribution in [1.82, 2.24) is 0 Å². The van der Waals surface area contributed by atoms with Gasteiger partial charge in [0.2, 0.25) is 5.75 Å². The second-order valence-electron chi connectivity index (χ2n) is 6.42. The molecule has 2 aromatic carbocycles. The summed E-state index contributed by atoms with van der Waals surface area (Å²) in [7, 11) is 4.62. The number of hydrogen-bond donors (Lipinski definition) is 0. The van der Waals surface area contributed by atoms with Gasteiger partial charge in [0, 0.05) is 0 Å². The molecular weight excluding hydrogens is 332 g/mol. The van der Waals surface area contributed by atoms with Crippen molar-refractivity contribution in [3.8, 4) is 23.0 Å². The number of aryl methyl sites for hydroxylation is 1. The summed E-state index contributed by atoms with van der Waals surface area (Å²) in [5, 5.41) is 0. The Hall–Kier alpha value is -2.69. The van der Waals surface area contributed by atoms with Crippen LogP contribution >= 0.6 is 0 Å². The first-order valence-corrected chi connectivity index (χ1v) is 8.49. The van der Waals surface area contributed by atoms with Gasteiger partial charge in [0.25, 0.3) is 0 Å². The highest BCUT2D eigenvalue weighted by Crippen LogP contribution is 2.38. The second kappa shape index (κ2) is 8.61. The van der Waals surface area contributed by atoms with Crippen molar-refractivity contribution in [1.29, 1.82) is 0 Å². The van der Waals surface area contributed by atoms with Crippen LogP contribution in [0.15, 0.2) is 30.3 Å². The summed E-state index contributed by atoms with van der Waals surface area (Å²) in [4.78, 5) is 12.4. The minimum atomic E-state index is -0.348. The van der Waals surface area contributed by atoms with E-state index in [1.807, 2.05) is 19.1 Å². The average molecular weight is 358 g/mol. The fourth-order valence-corrected chi connectivity index (χ4v) is 2.74. The molecule has 0 aliphatic carbocycles. The maximum Gasteiger partial charge on any atom is 0.315 e. The maximum atomic E-state index is 12.4. The first-order valence-electron chi connectivity index (χ1n) is 8.49. The van der Waals surface area contributed by atoms with Gasteiger partial charge in [-0.25, -0.2) is 0 Å². The first kappa shape index (κ1) is 19.6. The smallest absolute Gasteiger partial charge is 0.315 e. The lowest BCUT2D eigenvalue weighted by Crippen LogP contribution is -2.12. The van der Waals surface area contributed by atoms with Crippen LogP contribution in [0.2, 0.25) is 0 Å². The summed E-state index contributed by atoms with van der Waals surface area (Å²) in [6.07, 6.45) is 0.0989. The third-order valence-electron chi connectivity index (χ3n) is 4.04. The lowest BCUT2D eigenvalue weighted by Gasteiger charge is -2.14. The molecular formula is C21H26O5. The van der Waals surface area contributed by atoms with Crippen molar-refractivity contribution < 1.29 is 23.7 Å². The van der Waals surface area contributed by atoms with Crippen LogP contribution in [0.5, 0.6) is 23.0 Å². The van der Waals surface area contributed by atoms with E-state index in [9.17, 15) is 4.79 Å². The third-order valence-corrected chi connectivity index (χ3v) is 4.04. The largest absolute Gasteiger partial charge is 0.493 e. The molecule has 0 aliphatic heterocycles. The van der Waals surface area contributed by atoms with Crippen molar-refractivity contribution in [3.05, 3.63) is 47.0 Å². The van der Waals surface area contributed by atoms with E-state index in [1.165, 1.54) is 0 Å². The van der Waals surface area contributed by atoms with E-state index in [0.29, 0.717) is 28.9 Å². The molecule has 0 saturated carbocycles. The van der Waals surface area contributed by atoms with E-state index in [4.69, 9.17) is 18.9 Å². The lowest BCUT2D eigenvalue weighted by atomic mass is 10.0. The number of ether oxygens (including phenoxy) is 4. The van der Waals surface area contributed by atoms with Gasteiger partial charge >= 0.3 is 5.97 Å². The Morgan fingerprint density at radius 2 is 1.54 bits per heavy atom. The van der Waals surface area contributed by atoms with E-state index in [1.54, 1.807) is 33.5 Å². The van der Waals surface area contributed by atoms with Crippen molar-refractivity contribution >= 4 is 5.97 Å². The first-order chi connectivity index (χ1) is 12.4. The molecule has 5 nitrogen and oxygen atoms in total. The Bertz CT molecular complexity index is 755. The van der Waals surface area contributed by atoms with Gasteiger partial charge in [-0.2, -0.15) is 0 Å². The average Bonchev–Trinajstić information content (AvgIpc) is 2.59. The van der Waals surface area contributed by atoms with Gasteiger partial charge in [0.1, 0.15) is 5.75 Å². The van der Waals surface area contributed by atoms with Crippen molar-refractivity contribution in [3.63, 3.8) is 0 Å². The summed E-state index contributed by atoms with van der Waals surface area (Å²) in [6, 6.07) is 9.36. The normalized spacial score (nSPS) is 10.6. The van der Waals surface area contributed by atoms with E-state index >= 15 is 0 Å². The predicted molar refractivity (Wildman–Crippen MR) is 101 cm³/mol. The van der Waals surface area contributed by atoms with Crippen LogP contribution in [0, 0.1) is 6.92 Å². The SMILES string of the molecule is COc1cc(CC(=O)Oc2cc(C)cc(C(C)C)c2)cc(OC)c1OC. The topological polar surface area (TPSA) is 54.0 Å². The Morgan fingerprint density at radius 1 is 0.923 bits per heavy atom. The number of methoxy groups -OCH3 is 3. The fourth-order valence-electron chi connectivity index (χ4n) is 2.74. The quantitative estimate of drug-likeness (QED) is 0.546. The molecule has 0 spiro atoms. The standard InChI is InChI=1S/C21H26O5/c1-13(2)16-7-14(3)8-17(12-16)26-20(22)11-15-9-18(23-4)21(25-6)19(10-15)24-5/h7-10,12-13H,11H2,1-6H3. The summed E-state index contributed by atoms with van der Waals surface area (Å²) in [5.41, 5.74) is 2.92. The number of benzene rings is 2. The zero-order valence-corrected chi connectivity index (χ0v) is 16.2. The second-order valence-corrected chi connectivity index (χ2v) is 6.42. The highest BCUT2D eigenvalue weighted by Gasteiger charge is 2.16. The molecule has 0 radical (unpaired) electrons. The van der Waals surface area contributed by atoms with E-state index in [2.05, 4.69) is 19.9 Å². The monoisotopic (exact) mass is 358 g/mol. The van der Waals surface area contributed by atoms with E-state index < -0.39 is 0 Å². The molecule has 0 bridgehead atoms. The molecule has 0 heterocycles. The van der Waals surface area contributed by atoms with Crippen molar-refractivity contribution in [2.24, 2.45) is 0 Å². The predicted octanol–water partition coefficient (Wildman–Crippen LogP) is 4.29. The van der Waals surface area contributed by atoms with Gasteiger partial charge in [-0.3, -0.25) is 4.79 Å². The minimum Gasteiger partial charge on any atom is -0.493 e. The van der Waals surface area contributed by atoms with Gasteiger partial charge in [0.05, 0.1) is 27.8 Å². The molecule has 0 saturated heterocycles.